The van der Waals surface area contributed by atoms with Crippen LogP contribution in [0.3, 0.4) is 0 Å². The zero-order chi connectivity index (χ0) is 16.2. The van der Waals surface area contributed by atoms with E-state index in [0.29, 0.717) is 10.6 Å². The van der Waals surface area contributed by atoms with Gasteiger partial charge in [0.25, 0.3) is 0 Å². The molecule has 0 unspecified atom stereocenters. The van der Waals surface area contributed by atoms with Crippen LogP contribution in [0, 0.1) is 0 Å². The van der Waals surface area contributed by atoms with E-state index in [-0.39, 0.29) is 0 Å². The molecular weight excluding hydrogens is 310 g/mol. The summed E-state index contributed by atoms with van der Waals surface area (Å²) in [6.07, 6.45) is 3.71. The Kier molecular flexibility index (Phi) is 4.99. The van der Waals surface area contributed by atoms with Crippen molar-refractivity contribution < 1.29 is 9.90 Å². The highest BCUT2D eigenvalue weighted by molar-refractivity contribution is 6.30. The van der Waals surface area contributed by atoms with E-state index in [4.69, 9.17) is 11.6 Å². The minimum absolute atomic E-state index is 0.336. The summed E-state index contributed by atoms with van der Waals surface area (Å²) in [7, 11) is 0. The number of halogens is 1. The molecule has 0 aliphatic carbocycles. The Morgan fingerprint density at radius 2 is 1.87 bits per heavy atom. The monoisotopic (exact) mass is 329 g/mol. The van der Waals surface area contributed by atoms with Crippen molar-refractivity contribution in [3.05, 3.63) is 58.6 Å². The fourth-order valence-corrected chi connectivity index (χ4v) is 3.34. The fraction of sp³-hybridized carbons (Fsp3) is 0.316. The fourth-order valence-electron chi connectivity index (χ4n) is 3.15. The predicted octanol–water partition coefficient (Wildman–Crippen LogP) is 4.69. The topological polar surface area (TPSA) is 40.5 Å². The van der Waals surface area contributed by atoms with E-state index < -0.39 is 5.97 Å². The SMILES string of the molecule is O=C(O)c1ccc(-c2cccc(Cl)c2)c(CN2CCCCC2)c1. The summed E-state index contributed by atoms with van der Waals surface area (Å²) in [6.45, 7) is 2.93. The molecular formula is C19H20ClNO2. The Bertz CT molecular complexity index is 708. The summed E-state index contributed by atoms with van der Waals surface area (Å²) < 4.78 is 0. The van der Waals surface area contributed by atoms with Crippen molar-refractivity contribution in [1.29, 1.82) is 0 Å². The summed E-state index contributed by atoms with van der Waals surface area (Å²) >= 11 is 6.12. The molecule has 0 bridgehead atoms. The van der Waals surface area contributed by atoms with E-state index >= 15 is 0 Å². The van der Waals surface area contributed by atoms with E-state index in [0.717, 1.165) is 36.3 Å². The molecule has 3 rings (SSSR count). The minimum atomic E-state index is -0.887. The Morgan fingerprint density at radius 1 is 1.09 bits per heavy atom. The second-order valence-corrected chi connectivity index (χ2v) is 6.46. The van der Waals surface area contributed by atoms with Gasteiger partial charge in [-0.3, -0.25) is 4.90 Å². The maximum Gasteiger partial charge on any atom is 0.335 e. The van der Waals surface area contributed by atoms with E-state index in [1.54, 1.807) is 12.1 Å². The Hall–Kier alpha value is -1.84. The van der Waals surface area contributed by atoms with Crippen LogP contribution in [0.25, 0.3) is 11.1 Å². The standard InChI is InChI=1S/C19H20ClNO2/c20-17-6-4-5-14(12-17)18-8-7-15(19(22)23)11-16(18)13-21-9-2-1-3-10-21/h4-8,11-12H,1-3,9-10,13H2,(H,22,23). The Labute approximate surface area is 141 Å². The second kappa shape index (κ2) is 7.16. The molecule has 2 aromatic carbocycles. The van der Waals surface area contributed by atoms with Gasteiger partial charge in [-0.15, -0.1) is 0 Å². The van der Waals surface area contributed by atoms with Crippen LogP contribution in [-0.2, 0) is 6.54 Å². The van der Waals surface area contributed by atoms with Gasteiger partial charge in [0.2, 0.25) is 0 Å². The summed E-state index contributed by atoms with van der Waals surface area (Å²) in [5.74, 6) is -0.887. The van der Waals surface area contributed by atoms with Gasteiger partial charge in [0.05, 0.1) is 5.56 Å². The number of benzene rings is 2. The highest BCUT2D eigenvalue weighted by atomic mass is 35.5. The van der Waals surface area contributed by atoms with Gasteiger partial charge in [-0.2, -0.15) is 0 Å². The number of likely N-dealkylation sites (tertiary alicyclic amines) is 1. The quantitative estimate of drug-likeness (QED) is 0.884. The number of piperidine rings is 1. The van der Waals surface area contributed by atoms with Crippen LogP contribution >= 0.6 is 11.6 Å². The summed E-state index contributed by atoms with van der Waals surface area (Å²) in [4.78, 5) is 13.7. The molecule has 1 N–H and O–H groups in total. The number of carbonyl (C=O) groups is 1. The molecule has 1 saturated heterocycles. The molecule has 0 atom stereocenters. The lowest BCUT2D eigenvalue weighted by Gasteiger charge is -2.27. The van der Waals surface area contributed by atoms with Crippen molar-refractivity contribution in [2.24, 2.45) is 0 Å². The first-order valence-electron chi connectivity index (χ1n) is 7.98. The van der Waals surface area contributed by atoms with Crippen molar-refractivity contribution in [3.8, 4) is 11.1 Å². The second-order valence-electron chi connectivity index (χ2n) is 6.02. The van der Waals surface area contributed by atoms with E-state index in [2.05, 4.69) is 4.90 Å². The molecule has 1 aliphatic heterocycles. The predicted molar refractivity (Wildman–Crippen MR) is 93.0 cm³/mol. The van der Waals surface area contributed by atoms with E-state index in [1.165, 1.54) is 19.3 Å². The first kappa shape index (κ1) is 16.0. The molecule has 1 heterocycles. The van der Waals surface area contributed by atoms with Crippen molar-refractivity contribution in [2.75, 3.05) is 13.1 Å². The summed E-state index contributed by atoms with van der Waals surface area (Å²) in [5.41, 5.74) is 3.47. The van der Waals surface area contributed by atoms with Crippen LogP contribution in [0.5, 0.6) is 0 Å². The van der Waals surface area contributed by atoms with Crippen LogP contribution in [0.2, 0.25) is 5.02 Å². The highest BCUT2D eigenvalue weighted by Gasteiger charge is 2.15. The third kappa shape index (κ3) is 3.92. The smallest absolute Gasteiger partial charge is 0.335 e. The van der Waals surface area contributed by atoms with Gasteiger partial charge in [-0.25, -0.2) is 4.79 Å². The lowest BCUT2D eigenvalue weighted by atomic mass is 9.96. The molecule has 1 fully saturated rings. The lowest BCUT2D eigenvalue weighted by Crippen LogP contribution is -2.29. The van der Waals surface area contributed by atoms with Gasteiger partial charge < -0.3 is 5.11 Å². The molecule has 0 aromatic heterocycles. The summed E-state index contributed by atoms with van der Waals surface area (Å²) in [6, 6.07) is 13.1. The molecule has 0 amide bonds. The zero-order valence-corrected chi connectivity index (χ0v) is 13.7. The van der Waals surface area contributed by atoms with Crippen LogP contribution in [0.4, 0.5) is 0 Å². The number of carboxylic acids is 1. The van der Waals surface area contributed by atoms with Gasteiger partial charge in [0.15, 0.2) is 0 Å². The van der Waals surface area contributed by atoms with Gasteiger partial charge >= 0.3 is 5.97 Å². The third-order valence-corrected chi connectivity index (χ3v) is 4.57. The maximum atomic E-state index is 11.3. The molecule has 0 spiro atoms. The normalized spacial score (nSPS) is 15.5. The lowest BCUT2D eigenvalue weighted by molar-refractivity contribution is 0.0696. The molecule has 2 aromatic rings. The van der Waals surface area contributed by atoms with Crippen LogP contribution in [0.15, 0.2) is 42.5 Å². The maximum absolute atomic E-state index is 11.3. The average Bonchev–Trinajstić information content (AvgIpc) is 2.55. The molecule has 120 valence electrons. The molecule has 0 radical (unpaired) electrons. The molecule has 4 heteroatoms. The van der Waals surface area contributed by atoms with Crippen molar-refractivity contribution in [1.82, 2.24) is 4.90 Å². The largest absolute Gasteiger partial charge is 0.478 e. The molecule has 23 heavy (non-hydrogen) atoms. The molecule has 3 nitrogen and oxygen atoms in total. The van der Waals surface area contributed by atoms with Crippen LogP contribution in [0.1, 0.15) is 35.2 Å². The number of hydrogen-bond donors (Lipinski definition) is 1. The Balaban J connectivity index is 1.98. The number of nitrogens with zero attached hydrogens (tertiary/aromatic N) is 1. The van der Waals surface area contributed by atoms with Crippen LogP contribution < -0.4 is 0 Å². The molecule has 0 saturated carbocycles. The zero-order valence-electron chi connectivity index (χ0n) is 13.0. The number of rotatable bonds is 4. The highest BCUT2D eigenvalue weighted by Crippen LogP contribution is 2.28. The van der Waals surface area contributed by atoms with Crippen molar-refractivity contribution in [2.45, 2.75) is 25.8 Å². The van der Waals surface area contributed by atoms with Gasteiger partial charge in [-0.05, 0) is 66.9 Å². The third-order valence-electron chi connectivity index (χ3n) is 4.33. The van der Waals surface area contributed by atoms with E-state index in [9.17, 15) is 9.90 Å². The number of aromatic carboxylic acids is 1. The minimum Gasteiger partial charge on any atom is -0.478 e. The number of hydrogen-bond acceptors (Lipinski definition) is 2. The van der Waals surface area contributed by atoms with Crippen molar-refractivity contribution in [3.63, 3.8) is 0 Å². The van der Waals surface area contributed by atoms with E-state index in [1.807, 2.05) is 30.3 Å². The Morgan fingerprint density at radius 3 is 2.57 bits per heavy atom. The molecule has 1 aliphatic rings. The number of carboxylic acid groups (broad SMARTS) is 1. The van der Waals surface area contributed by atoms with Crippen LogP contribution in [-0.4, -0.2) is 29.1 Å². The first-order valence-corrected chi connectivity index (χ1v) is 8.36. The first-order chi connectivity index (χ1) is 11.1. The van der Waals surface area contributed by atoms with Gasteiger partial charge in [-0.1, -0.05) is 36.2 Å². The summed E-state index contributed by atoms with van der Waals surface area (Å²) in [5, 5.41) is 9.97. The van der Waals surface area contributed by atoms with Gasteiger partial charge in [0.1, 0.15) is 0 Å². The average molecular weight is 330 g/mol. The van der Waals surface area contributed by atoms with Crippen molar-refractivity contribution >= 4 is 17.6 Å². The van der Waals surface area contributed by atoms with Gasteiger partial charge in [0, 0.05) is 11.6 Å².